The maximum Gasteiger partial charge on any atom is 0.130 e. The highest BCUT2D eigenvalue weighted by atomic mass is 16.5. The number of hydrogen-bond acceptors (Lipinski definition) is 3. The van der Waals surface area contributed by atoms with Crippen molar-refractivity contribution in [3.63, 3.8) is 0 Å². The molecule has 0 bridgehead atoms. The van der Waals surface area contributed by atoms with Crippen molar-refractivity contribution in [3.8, 4) is 11.5 Å². The summed E-state index contributed by atoms with van der Waals surface area (Å²) in [5.41, 5.74) is 0.893. The lowest BCUT2D eigenvalue weighted by Crippen LogP contribution is -1.98. The normalized spacial score (nSPS) is 10.6. The van der Waals surface area contributed by atoms with Crippen LogP contribution in [0, 0.1) is 6.92 Å². The van der Waals surface area contributed by atoms with E-state index in [4.69, 9.17) is 9.47 Å². The fraction of sp³-hybridized carbons (Fsp3) is 0.333. The number of benzene rings is 1. The van der Waals surface area contributed by atoms with Crippen LogP contribution in [-0.4, -0.2) is 18.7 Å². The molecule has 1 heterocycles. The van der Waals surface area contributed by atoms with Crippen LogP contribution in [0.15, 0.2) is 30.5 Å². The second-order valence-corrected chi connectivity index (χ2v) is 4.10. The summed E-state index contributed by atoms with van der Waals surface area (Å²) >= 11 is 0. The first kappa shape index (κ1) is 12.7. The second-order valence-electron chi connectivity index (χ2n) is 4.10. The number of unbranched alkanes of at least 4 members (excludes halogenated alkanes) is 2. The van der Waals surface area contributed by atoms with Gasteiger partial charge in [0.05, 0.1) is 19.2 Å². The molecule has 0 amide bonds. The van der Waals surface area contributed by atoms with Crippen molar-refractivity contribution in [2.24, 2.45) is 0 Å². The predicted octanol–water partition coefficient (Wildman–Crippen LogP) is 3.63. The summed E-state index contributed by atoms with van der Waals surface area (Å²) in [5, 5.41) is 1.02. The summed E-state index contributed by atoms with van der Waals surface area (Å²) in [6, 6.07) is 7.72. The fourth-order valence-corrected chi connectivity index (χ4v) is 1.82. The first-order valence-electron chi connectivity index (χ1n) is 6.20. The van der Waals surface area contributed by atoms with Gasteiger partial charge in [-0.2, -0.15) is 0 Å². The quantitative estimate of drug-likeness (QED) is 0.727. The monoisotopic (exact) mass is 244 g/mol. The number of aromatic nitrogens is 1. The molecule has 95 valence electrons. The Morgan fingerprint density at radius 1 is 1.22 bits per heavy atom. The lowest BCUT2D eigenvalue weighted by atomic mass is 10.2. The van der Waals surface area contributed by atoms with Crippen molar-refractivity contribution in [2.75, 3.05) is 13.7 Å². The van der Waals surface area contributed by atoms with E-state index in [1.54, 1.807) is 13.3 Å². The number of methoxy groups -OCH3 is 1. The fourth-order valence-electron chi connectivity index (χ4n) is 1.82. The van der Waals surface area contributed by atoms with Gasteiger partial charge in [-0.3, -0.25) is 4.98 Å². The van der Waals surface area contributed by atoms with Crippen molar-refractivity contribution in [2.45, 2.75) is 19.3 Å². The zero-order chi connectivity index (χ0) is 12.8. The minimum absolute atomic E-state index is 0.723. The highest BCUT2D eigenvalue weighted by Crippen LogP contribution is 2.27. The molecule has 0 spiro atoms. The van der Waals surface area contributed by atoms with Gasteiger partial charge in [-0.05, 0) is 24.6 Å². The van der Waals surface area contributed by atoms with Crippen LogP contribution in [-0.2, 0) is 0 Å². The van der Waals surface area contributed by atoms with E-state index in [9.17, 15) is 0 Å². The highest BCUT2D eigenvalue weighted by Gasteiger charge is 2.04. The molecule has 1 radical (unpaired) electrons. The number of fused-ring (bicyclic) bond motifs is 1. The van der Waals surface area contributed by atoms with Crippen LogP contribution in [0.5, 0.6) is 11.5 Å². The third-order valence-electron chi connectivity index (χ3n) is 2.81. The molecule has 3 nitrogen and oxygen atoms in total. The van der Waals surface area contributed by atoms with Gasteiger partial charge in [-0.25, -0.2) is 0 Å². The number of nitrogens with zero attached hydrogens (tertiary/aromatic N) is 1. The van der Waals surface area contributed by atoms with Crippen molar-refractivity contribution in [1.29, 1.82) is 0 Å². The van der Waals surface area contributed by atoms with E-state index >= 15 is 0 Å². The average molecular weight is 244 g/mol. The second kappa shape index (κ2) is 6.24. The number of pyridine rings is 1. The molecule has 3 heteroatoms. The highest BCUT2D eigenvalue weighted by molar-refractivity contribution is 5.85. The topological polar surface area (TPSA) is 31.4 Å². The molecule has 1 aromatic heterocycles. The van der Waals surface area contributed by atoms with Crippen LogP contribution < -0.4 is 9.47 Å². The summed E-state index contributed by atoms with van der Waals surface area (Å²) in [6.07, 6.45) is 4.84. The summed E-state index contributed by atoms with van der Waals surface area (Å²) in [4.78, 5) is 4.32. The van der Waals surface area contributed by atoms with Crippen molar-refractivity contribution in [3.05, 3.63) is 37.4 Å². The largest absolute Gasteiger partial charge is 0.497 e. The van der Waals surface area contributed by atoms with Crippen molar-refractivity contribution in [1.82, 2.24) is 4.98 Å². The van der Waals surface area contributed by atoms with Crippen LogP contribution in [0.4, 0.5) is 0 Å². The maximum atomic E-state index is 5.79. The number of rotatable bonds is 6. The van der Waals surface area contributed by atoms with Gasteiger partial charge in [0.25, 0.3) is 0 Å². The zero-order valence-corrected chi connectivity index (χ0v) is 10.7. The molecule has 0 aliphatic carbocycles. The molecule has 0 fully saturated rings. The first-order chi connectivity index (χ1) is 8.85. The number of ether oxygens (including phenoxy) is 2. The Bertz CT molecular complexity index is 511. The van der Waals surface area contributed by atoms with Gasteiger partial charge in [0.2, 0.25) is 0 Å². The molecule has 2 rings (SSSR count). The molecule has 0 saturated heterocycles. The smallest absolute Gasteiger partial charge is 0.130 e. The third-order valence-corrected chi connectivity index (χ3v) is 2.81. The van der Waals surface area contributed by atoms with E-state index in [0.717, 1.165) is 48.3 Å². The van der Waals surface area contributed by atoms with Crippen LogP contribution in [0.3, 0.4) is 0 Å². The van der Waals surface area contributed by atoms with Crippen molar-refractivity contribution < 1.29 is 9.47 Å². The SMILES string of the molecule is [CH2]CCCCOc1ccnc2cc(OC)ccc12. The van der Waals surface area contributed by atoms with Crippen molar-refractivity contribution >= 4 is 10.9 Å². The van der Waals surface area contributed by atoms with Gasteiger partial charge < -0.3 is 9.47 Å². The van der Waals surface area contributed by atoms with Gasteiger partial charge in [0.15, 0.2) is 0 Å². The lowest BCUT2D eigenvalue weighted by molar-refractivity contribution is 0.310. The Morgan fingerprint density at radius 3 is 2.89 bits per heavy atom. The Hall–Kier alpha value is -1.77. The van der Waals surface area contributed by atoms with Gasteiger partial charge in [-0.1, -0.05) is 19.8 Å². The van der Waals surface area contributed by atoms with E-state index < -0.39 is 0 Å². The van der Waals surface area contributed by atoms with Crippen LogP contribution in [0.2, 0.25) is 0 Å². The molecular weight excluding hydrogens is 226 g/mol. The Balaban J connectivity index is 2.17. The molecule has 1 aromatic carbocycles. The summed E-state index contributed by atoms with van der Waals surface area (Å²) in [5.74, 6) is 1.69. The molecule has 2 aromatic rings. The average Bonchev–Trinajstić information content (AvgIpc) is 2.43. The summed E-state index contributed by atoms with van der Waals surface area (Å²) in [7, 11) is 1.65. The minimum atomic E-state index is 0.723. The summed E-state index contributed by atoms with van der Waals surface area (Å²) in [6.45, 7) is 4.54. The van der Waals surface area contributed by atoms with Gasteiger partial charge in [0.1, 0.15) is 11.5 Å². The Labute approximate surface area is 108 Å². The van der Waals surface area contributed by atoms with Gasteiger partial charge in [-0.15, -0.1) is 0 Å². The van der Waals surface area contributed by atoms with Crippen LogP contribution in [0.1, 0.15) is 19.3 Å². The van der Waals surface area contributed by atoms with Crippen LogP contribution >= 0.6 is 0 Å². The Kier molecular flexibility index (Phi) is 4.40. The minimum Gasteiger partial charge on any atom is -0.497 e. The molecule has 0 N–H and O–H groups in total. The van der Waals surface area contributed by atoms with E-state index in [-0.39, 0.29) is 0 Å². The van der Waals surface area contributed by atoms with E-state index in [2.05, 4.69) is 11.9 Å². The molecule has 0 atom stereocenters. The lowest BCUT2D eigenvalue weighted by Gasteiger charge is -2.09. The molecule has 0 saturated carbocycles. The summed E-state index contributed by atoms with van der Waals surface area (Å²) < 4.78 is 11.0. The standard InChI is InChI=1S/C15H18NO2/c1-3-4-5-10-18-15-8-9-16-14-11-12(17-2)6-7-13(14)15/h6-9,11H,1,3-5,10H2,2H3. The maximum absolute atomic E-state index is 5.79. The first-order valence-corrected chi connectivity index (χ1v) is 6.20. The number of hydrogen-bond donors (Lipinski definition) is 0. The third kappa shape index (κ3) is 2.92. The predicted molar refractivity (Wildman–Crippen MR) is 73.0 cm³/mol. The van der Waals surface area contributed by atoms with Crippen LogP contribution in [0.25, 0.3) is 10.9 Å². The molecule has 0 aliphatic rings. The van der Waals surface area contributed by atoms with Gasteiger partial charge >= 0.3 is 0 Å². The van der Waals surface area contributed by atoms with E-state index in [0.29, 0.717) is 0 Å². The van der Waals surface area contributed by atoms with E-state index in [1.807, 2.05) is 24.3 Å². The molecule has 0 unspecified atom stereocenters. The molecular formula is C15H18NO2. The van der Waals surface area contributed by atoms with E-state index in [1.165, 1.54) is 0 Å². The molecule has 18 heavy (non-hydrogen) atoms. The molecule has 0 aliphatic heterocycles. The Morgan fingerprint density at radius 2 is 2.11 bits per heavy atom. The van der Waals surface area contributed by atoms with Gasteiger partial charge in [0, 0.05) is 17.6 Å². The zero-order valence-electron chi connectivity index (χ0n) is 10.7.